The molecule has 1 aromatic heterocycles. The zero-order chi connectivity index (χ0) is 17.0. The molecule has 2 N–H and O–H groups in total. The van der Waals surface area contributed by atoms with Crippen molar-refractivity contribution in [2.45, 2.75) is 24.2 Å². The highest BCUT2D eigenvalue weighted by Gasteiger charge is 2.31. The lowest BCUT2D eigenvalue weighted by Gasteiger charge is -2.21. The van der Waals surface area contributed by atoms with Gasteiger partial charge < -0.3 is 10.2 Å². The normalized spacial score (nSPS) is 24.4. The van der Waals surface area contributed by atoms with Gasteiger partial charge in [-0.05, 0) is 49.9 Å². The minimum Gasteiger partial charge on any atom is -0.343 e. The smallest absolute Gasteiger partial charge is 0.242 e. The van der Waals surface area contributed by atoms with Crippen LogP contribution in [0.1, 0.15) is 19.3 Å². The maximum absolute atomic E-state index is 12.4. The fourth-order valence-electron chi connectivity index (χ4n) is 3.51. The highest BCUT2D eigenvalue weighted by Crippen LogP contribution is 2.27. The third-order valence-corrected chi connectivity index (χ3v) is 6.39. The summed E-state index contributed by atoms with van der Waals surface area (Å²) in [5, 5.41) is 3.42. The summed E-state index contributed by atoms with van der Waals surface area (Å²) in [6.45, 7) is 3.77. The zero-order valence-electron chi connectivity index (χ0n) is 13.6. The van der Waals surface area contributed by atoms with Gasteiger partial charge in [0.1, 0.15) is 4.90 Å². The quantitative estimate of drug-likeness (QED) is 0.790. The van der Waals surface area contributed by atoms with Crippen LogP contribution >= 0.6 is 0 Å². The Balaban J connectivity index is 1.47. The van der Waals surface area contributed by atoms with Crippen molar-refractivity contribution in [3.8, 4) is 0 Å². The summed E-state index contributed by atoms with van der Waals surface area (Å²) in [7, 11) is -3.60. The standard InChI is InChI=1S/C16H24N4O3S/c21-16(20-8-4-13-10-18-11-14(13)5-9-20)3-7-19-24(22,23)15-2-1-6-17-12-15/h1-2,6,12-14,18-19H,3-5,7-11H2/t13-,14+. The number of aromatic nitrogens is 1. The van der Waals surface area contributed by atoms with Gasteiger partial charge in [-0.15, -0.1) is 0 Å². The van der Waals surface area contributed by atoms with Crippen molar-refractivity contribution < 1.29 is 13.2 Å². The second-order valence-electron chi connectivity index (χ2n) is 6.47. The van der Waals surface area contributed by atoms with Crippen LogP contribution in [0.3, 0.4) is 0 Å². The Bertz CT molecular complexity index is 651. The molecule has 2 atom stereocenters. The summed E-state index contributed by atoms with van der Waals surface area (Å²) in [4.78, 5) is 18.2. The second-order valence-corrected chi connectivity index (χ2v) is 8.24. The SMILES string of the molecule is O=C(CCNS(=O)(=O)c1cccnc1)N1CC[C@@H]2CNC[C@@H]2CC1. The summed E-state index contributed by atoms with van der Waals surface area (Å²) in [5.74, 6) is 1.37. The first-order valence-corrected chi connectivity index (χ1v) is 9.93. The van der Waals surface area contributed by atoms with Crippen molar-refractivity contribution in [2.75, 3.05) is 32.7 Å². The van der Waals surface area contributed by atoms with E-state index in [1.54, 1.807) is 6.07 Å². The highest BCUT2D eigenvalue weighted by atomic mass is 32.2. The second kappa shape index (κ2) is 7.58. The fourth-order valence-corrected chi connectivity index (χ4v) is 4.50. The molecule has 2 aliphatic heterocycles. The Morgan fingerprint density at radius 3 is 2.62 bits per heavy atom. The van der Waals surface area contributed by atoms with E-state index in [4.69, 9.17) is 0 Å². The molecule has 0 aliphatic carbocycles. The van der Waals surface area contributed by atoms with E-state index in [0.717, 1.165) is 39.0 Å². The van der Waals surface area contributed by atoms with Crippen LogP contribution in [-0.4, -0.2) is 56.9 Å². The molecular weight excluding hydrogens is 328 g/mol. The number of sulfonamides is 1. The molecule has 132 valence electrons. The third-order valence-electron chi connectivity index (χ3n) is 4.95. The lowest BCUT2D eigenvalue weighted by molar-refractivity contribution is -0.131. The molecule has 0 spiro atoms. The Morgan fingerprint density at radius 2 is 2.00 bits per heavy atom. The van der Waals surface area contributed by atoms with Gasteiger partial charge in [-0.3, -0.25) is 9.78 Å². The zero-order valence-corrected chi connectivity index (χ0v) is 14.5. The van der Waals surface area contributed by atoms with Crippen molar-refractivity contribution in [3.63, 3.8) is 0 Å². The molecule has 3 rings (SSSR count). The maximum Gasteiger partial charge on any atom is 0.242 e. The predicted octanol–water partition coefficient (Wildman–Crippen LogP) is 0.208. The van der Waals surface area contributed by atoms with E-state index in [0.29, 0.717) is 11.8 Å². The summed E-state index contributed by atoms with van der Waals surface area (Å²) in [6, 6.07) is 3.06. The van der Waals surface area contributed by atoms with E-state index in [2.05, 4.69) is 15.0 Å². The van der Waals surface area contributed by atoms with Crippen LogP contribution in [-0.2, 0) is 14.8 Å². The number of carbonyl (C=O) groups excluding carboxylic acids is 1. The van der Waals surface area contributed by atoms with Gasteiger partial charge in [-0.2, -0.15) is 0 Å². The van der Waals surface area contributed by atoms with E-state index in [1.165, 1.54) is 18.5 Å². The largest absolute Gasteiger partial charge is 0.343 e. The first kappa shape index (κ1) is 17.3. The molecule has 2 aliphatic rings. The number of pyridine rings is 1. The Kier molecular flexibility index (Phi) is 5.47. The first-order chi connectivity index (χ1) is 11.6. The van der Waals surface area contributed by atoms with Crippen LogP contribution in [0, 0.1) is 11.8 Å². The fraction of sp³-hybridized carbons (Fsp3) is 0.625. The number of rotatable bonds is 5. The van der Waals surface area contributed by atoms with Crippen LogP contribution in [0.15, 0.2) is 29.4 Å². The van der Waals surface area contributed by atoms with Gasteiger partial charge in [-0.25, -0.2) is 13.1 Å². The van der Waals surface area contributed by atoms with Crippen LogP contribution in [0.4, 0.5) is 0 Å². The average molecular weight is 352 g/mol. The van der Waals surface area contributed by atoms with Gasteiger partial charge in [0.15, 0.2) is 0 Å². The third kappa shape index (κ3) is 4.12. The van der Waals surface area contributed by atoms with Gasteiger partial charge in [0.25, 0.3) is 0 Å². The predicted molar refractivity (Wildman–Crippen MR) is 89.7 cm³/mol. The molecule has 0 aromatic carbocycles. The molecule has 1 aromatic rings. The first-order valence-electron chi connectivity index (χ1n) is 8.44. The topological polar surface area (TPSA) is 91.4 Å². The van der Waals surface area contributed by atoms with E-state index in [-0.39, 0.29) is 23.8 Å². The van der Waals surface area contributed by atoms with Crippen LogP contribution in [0.5, 0.6) is 0 Å². The van der Waals surface area contributed by atoms with Crippen molar-refractivity contribution >= 4 is 15.9 Å². The molecule has 8 heteroatoms. The molecule has 0 unspecified atom stereocenters. The number of likely N-dealkylation sites (tertiary alicyclic amines) is 1. The molecule has 0 saturated carbocycles. The van der Waals surface area contributed by atoms with Crippen molar-refractivity contribution in [1.82, 2.24) is 19.9 Å². The van der Waals surface area contributed by atoms with Crippen molar-refractivity contribution in [3.05, 3.63) is 24.5 Å². The monoisotopic (exact) mass is 352 g/mol. The Labute approximate surface area is 142 Å². The van der Waals surface area contributed by atoms with Gasteiger partial charge in [0, 0.05) is 38.4 Å². The molecule has 3 heterocycles. The minimum atomic E-state index is -3.60. The number of nitrogens with one attached hydrogen (secondary N) is 2. The summed E-state index contributed by atoms with van der Waals surface area (Å²) in [6.07, 6.45) is 5.07. The molecule has 2 saturated heterocycles. The van der Waals surface area contributed by atoms with Crippen LogP contribution in [0.2, 0.25) is 0 Å². The van der Waals surface area contributed by atoms with E-state index < -0.39 is 10.0 Å². The molecule has 0 bridgehead atoms. The number of hydrogen-bond donors (Lipinski definition) is 2. The number of hydrogen-bond acceptors (Lipinski definition) is 5. The van der Waals surface area contributed by atoms with E-state index in [9.17, 15) is 13.2 Å². The maximum atomic E-state index is 12.4. The number of nitrogens with zero attached hydrogens (tertiary/aromatic N) is 2. The molecule has 1 amide bonds. The molecule has 7 nitrogen and oxygen atoms in total. The summed E-state index contributed by atoms with van der Waals surface area (Å²) in [5.41, 5.74) is 0. The lowest BCUT2D eigenvalue weighted by atomic mass is 9.92. The molecular formula is C16H24N4O3S. The highest BCUT2D eigenvalue weighted by molar-refractivity contribution is 7.89. The van der Waals surface area contributed by atoms with Crippen LogP contribution in [0.25, 0.3) is 0 Å². The van der Waals surface area contributed by atoms with Gasteiger partial charge in [0.05, 0.1) is 0 Å². The molecule has 24 heavy (non-hydrogen) atoms. The number of carbonyl (C=O) groups is 1. The van der Waals surface area contributed by atoms with Gasteiger partial charge in [0.2, 0.25) is 15.9 Å². The van der Waals surface area contributed by atoms with E-state index in [1.807, 2.05) is 4.90 Å². The van der Waals surface area contributed by atoms with E-state index >= 15 is 0 Å². The Morgan fingerprint density at radius 1 is 1.29 bits per heavy atom. The summed E-state index contributed by atoms with van der Waals surface area (Å²) >= 11 is 0. The number of amides is 1. The minimum absolute atomic E-state index is 0.0248. The molecule has 0 radical (unpaired) electrons. The molecule has 2 fully saturated rings. The van der Waals surface area contributed by atoms with Crippen molar-refractivity contribution in [2.24, 2.45) is 11.8 Å². The van der Waals surface area contributed by atoms with Gasteiger partial charge in [-0.1, -0.05) is 0 Å². The summed E-state index contributed by atoms with van der Waals surface area (Å²) < 4.78 is 26.7. The Hall–Kier alpha value is -1.51. The lowest BCUT2D eigenvalue weighted by Crippen LogP contribution is -2.35. The van der Waals surface area contributed by atoms with Crippen LogP contribution < -0.4 is 10.0 Å². The number of fused-ring (bicyclic) bond motifs is 1. The van der Waals surface area contributed by atoms with Crippen molar-refractivity contribution in [1.29, 1.82) is 0 Å². The average Bonchev–Trinajstić information content (AvgIpc) is 2.94. The van der Waals surface area contributed by atoms with Gasteiger partial charge >= 0.3 is 0 Å².